The van der Waals surface area contributed by atoms with Gasteiger partial charge in [0.25, 0.3) is 6.43 Å². The molecule has 5 nitrogen and oxygen atoms in total. The Morgan fingerprint density at radius 1 is 1.44 bits per heavy atom. The van der Waals surface area contributed by atoms with Crippen LogP contribution in [0.3, 0.4) is 0 Å². The van der Waals surface area contributed by atoms with Crippen molar-refractivity contribution in [1.82, 2.24) is 4.72 Å². The molecule has 0 unspecified atom stereocenters. The summed E-state index contributed by atoms with van der Waals surface area (Å²) in [6, 6.07) is 1.57. The maximum atomic E-state index is 13.4. The Kier molecular flexibility index (Phi) is 4.41. The van der Waals surface area contributed by atoms with Gasteiger partial charge in [0.15, 0.2) is 11.6 Å². The van der Waals surface area contributed by atoms with E-state index in [2.05, 4.69) is 4.74 Å². The largest absolute Gasteiger partial charge is 0.492 e. The molecule has 0 atom stereocenters. The van der Waals surface area contributed by atoms with Crippen LogP contribution in [0.5, 0.6) is 5.75 Å². The number of alkyl halides is 2. The number of nitrogen functional groups attached to an aromatic ring is 1. The molecule has 0 aliphatic heterocycles. The molecule has 0 aliphatic rings. The van der Waals surface area contributed by atoms with Crippen LogP contribution < -0.4 is 15.2 Å². The van der Waals surface area contributed by atoms with Crippen molar-refractivity contribution in [2.24, 2.45) is 0 Å². The lowest BCUT2D eigenvalue weighted by molar-refractivity contribution is 0.153. The molecule has 0 fully saturated rings. The summed E-state index contributed by atoms with van der Waals surface area (Å²) in [6.45, 7) is -1.06. The summed E-state index contributed by atoms with van der Waals surface area (Å²) in [5, 5.41) is 0. The molecular weight excluding hydrogens is 273 g/mol. The van der Waals surface area contributed by atoms with Crippen LogP contribution in [0.1, 0.15) is 0 Å². The zero-order chi connectivity index (χ0) is 13.9. The van der Waals surface area contributed by atoms with Gasteiger partial charge in [-0.3, -0.25) is 0 Å². The van der Waals surface area contributed by atoms with Crippen molar-refractivity contribution in [3.8, 4) is 5.75 Å². The molecule has 0 saturated carbocycles. The van der Waals surface area contributed by atoms with Crippen molar-refractivity contribution in [2.75, 3.05) is 19.4 Å². The first-order valence-corrected chi connectivity index (χ1v) is 6.17. The summed E-state index contributed by atoms with van der Waals surface area (Å²) in [4.78, 5) is -0.543. The van der Waals surface area contributed by atoms with E-state index in [1.54, 1.807) is 4.72 Å². The number of benzene rings is 1. The minimum Gasteiger partial charge on any atom is -0.492 e. The lowest BCUT2D eigenvalue weighted by Crippen LogP contribution is -2.28. The molecule has 9 heteroatoms. The Morgan fingerprint density at radius 2 is 2.06 bits per heavy atom. The molecule has 0 amide bonds. The molecule has 0 heterocycles. The second-order valence-electron chi connectivity index (χ2n) is 3.27. The van der Waals surface area contributed by atoms with Gasteiger partial charge in [-0.2, -0.15) is 0 Å². The number of anilines is 1. The van der Waals surface area contributed by atoms with E-state index in [4.69, 9.17) is 5.73 Å². The molecule has 1 rings (SSSR count). The van der Waals surface area contributed by atoms with Gasteiger partial charge < -0.3 is 10.5 Å². The van der Waals surface area contributed by atoms with E-state index < -0.39 is 33.7 Å². The van der Waals surface area contributed by atoms with E-state index in [0.29, 0.717) is 6.07 Å². The maximum Gasteiger partial charge on any atom is 0.251 e. The van der Waals surface area contributed by atoms with Crippen molar-refractivity contribution >= 4 is 15.7 Å². The zero-order valence-electron chi connectivity index (χ0n) is 9.28. The lowest BCUT2D eigenvalue weighted by atomic mass is 10.3. The van der Waals surface area contributed by atoms with Crippen molar-refractivity contribution in [3.05, 3.63) is 17.9 Å². The van der Waals surface area contributed by atoms with Crippen molar-refractivity contribution in [1.29, 1.82) is 0 Å². The van der Waals surface area contributed by atoms with Gasteiger partial charge >= 0.3 is 0 Å². The molecule has 1 aromatic carbocycles. The highest BCUT2D eigenvalue weighted by atomic mass is 32.2. The van der Waals surface area contributed by atoms with E-state index in [-0.39, 0.29) is 11.4 Å². The Morgan fingerprint density at radius 3 is 2.50 bits per heavy atom. The minimum atomic E-state index is -4.23. The molecule has 0 aliphatic carbocycles. The second-order valence-corrected chi connectivity index (χ2v) is 5.04. The lowest BCUT2D eigenvalue weighted by Gasteiger charge is -2.10. The highest BCUT2D eigenvalue weighted by molar-refractivity contribution is 7.89. The van der Waals surface area contributed by atoms with Crippen LogP contribution in [0.2, 0.25) is 0 Å². The predicted molar refractivity (Wildman–Crippen MR) is 58.6 cm³/mol. The predicted octanol–water partition coefficient (Wildman–Crippen LogP) is 0.960. The second kappa shape index (κ2) is 5.44. The van der Waals surface area contributed by atoms with Gasteiger partial charge in [0.05, 0.1) is 24.2 Å². The summed E-state index contributed by atoms with van der Waals surface area (Å²) >= 11 is 0. The van der Waals surface area contributed by atoms with Crippen LogP contribution in [0.25, 0.3) is 0 Å². The number of methoxy groups -OCH3 is 1. The third-order valence-electron chi connectivity index (χ3n) is 1.99. The number of ether oxygens (including phenoxy) is 1. The van der Waals surface area contributed by atoms with E-state index in [1.807, 2.05) is 0 Å². The van der Waals surface area contributed by atoms with Crippen LogP contribution in [0, 0.1) is 5.82 Å². The van der Waals surface area contributed by atoms with E-state index >= 15 is 0 Å². The van der Waals surface area contributed by atoms with Crippen molar-refractivity contribution < 1.29 is 26.3 Å². The highest BCUT2D eigenvalue weighted by Crippen LogP contribution is 2.28. The Balaban J connectivity index is 3.11. The Bertz CT molecular complexity index is 511. The average Bonchev–Trinajstić information content (AvgIpc) is 2.26. The van der Waals surface area contributed by atoms with E-state index in [9.17, 15) is 21.6 Å². The van der Waals surface area contributed by atoms with Gasteiger partial charge in [-0.15, -0.1) is 0 Å². The summed E-state index contributed by atoms with van der Waals surface area (Å²) in [7, 11) is -3.07. The number of sulfonamides is 1. The summed E-state index contributed by atoms with van der Waals surface area (Å²) in [6.07, 6.45) is -2.85. The van der Waals surface area contributed by atoms with Gasteiger partial charge in [0.1, 0.15) is 0 Å². The Labute approximate surface area is 102 Å². The van der Waals surface area contributed by atoms with Gasteiger partial charge in [0.2, 0.25) is 10.0 Å². The fourth-order valence-corrected chi connectivity index (χ4v) is 2.27. The third kappa shape index (κ3) is 3.26. The van der Waals surface area contributed by atoms with Crippen LogP contribution in [-0.2, 0) is 10.0 Å². The first-order chi connectivity index (χ1) is 8.27. The quantitative estimate of drug-likeness (QED) is 0.789. The van der Waals surface area contributed by atoms with Gasteiger partial charge in [-0.05, 0) is 12.1 Å². The molecule has 0 radical (unpaired) electrons. The standard InChI is InChI=1S/C9H11F3N2O3S/c1-17-9-6(10)2-5(3-7(9)13)18(15,16)14-4-8(11)12/h2-3,8,14H,4,13H2,1H3. The van der Waals surface area contributed by atoms with Crippen LogP contribution in [0.4, 0.5) is 18.9 Å². The SMILES string of the molecule is COc1c(N)cc(S(=O)(=O)NCC(F)F)cc1F. The molecule has 0 aromatic heterocycles. The van der Waals surface area contributed by atoms with Crippen LogP contribution in [-0.4, -0.2) is 28.5 Å². The molecule has 0 saturated heterocycles. The zero-order valence-corrected chi connectivity index (χ0v) is 10.1. The number of nitrogens with two attached hydrogens (primary N) is 1. The van der Waals surface area contributed by atoms with E-state index in [0.717, 1.165) is 13.2 Å². The number of hydrogen-bond donors (Lipinski definition) is 2. The average molecular weight is 284 g/mol. The summed E-state index contributed by atoms with van der Waals surface area (Å²) in [5.74, 6) is -1.29. The monoisotopic (exact) mass is 284 g/mol. The van der Waals surface area contributed by atoms with E-state index in [1.165, 1.54) is 0 Å². The highest BCUT2D eigenvalue weighted by Gasteiger charge is 2.20. The molecule has 1 aromatic rings. The third-order valence-corrected chi connectivity index (χ3v) is 3.39. The van der Waals surface area contributed by atoms with Crippen LogP contribution in [0.15, 0.2) is 17.0 Å². The van der Waals surface area contributed by atoms with Crippen LogP contribution >= 0.6 is 0 Å². The normalized spacial score (nSPS) is 11.8. The van der Waals surface area contributed by atoms with Crippen molar-refractivity contribution in [3.63, 3.8) is 0 Å². The first-order valence-electron chi connectivity index (χ1n) is 4.68. The fourth-order valence-electron chi connectivity index (χ4n) is 1.22. The number of hydrogen-bond acceptors (Lipinski definition) is 4. The molecule has 3 N–H and O–H groups in total. The molecule has 0 spiro atoms. The molecule has 18 heavy (non-hydrogen) atoms. The summed E-state index contributed by atoms with van der Waals surface area (Å²) < 4.78 is 66.5. The number of nitrogens with one attached hydrogen (secondary N) is 1. The maximum absolute atomic E-state index is 13.4. The smallest absolute Gasteiger partial charge is 0.251 e. The number of halogens is 3. The minimum absolute atomic E-state index is 0.241. The topological polar surface area (TPSA) is 81.4 Å². The van der Waals surface area contributed by atoms with Crippen molar-refractivity contribution in [2.45, 2.75) is 11.3 Å². The molecular formula is C9H11F3N2O3S. The fraction of sp³-hybridized carbons (Fsp3) is 0.333. The number of rotatable bonds is 5. The van der Waals surface area contributed by atoms with Gasteiger partial charge in [-0.1, -0.05) is 0 Å². The Hall–Kier alpha value is -1.48. The molecule has 102 valence electrons. The van der Waals surface area contributed by atoms with Gasteiger partial charge in [0, 0.05) is 0 Å². The summed E-state index contributed by atoms with van der Waals surface area (Å²) in [5.41, 5.74) is 5.14. The van der Waals surface area contributed by atoms with Gasteiger partial charge in [-0.25, -0.2) is 26.3 Å². The first kappa shape index (κ1) is 14.6. The molecule has 0 bridgehead atoms.